The molecule has 1 aromatic carbocycles. The van der Waals surface area contributed by atoms with Crippen molar-refractivity contribution in [3.8, 4) is 0 Å². The van der Waals surface area contributed by atoms with Crippen molar-refractivity contribution in [3.05, 3.63) is 34.9 Å². The maximum absolute atomic E-state index is 9.36. The molecule has 15 heavy (non-hydrogen) atoms. The van der Waals surface area contributed by atoms with Crippen molar-refractivity contribution in [2.45, 2.75) is 19.1 Å². The summed E-state index contributed by atoms with van der Waals surface area (Å²) in [6, 6.07) is 7.88. The third-order valence-electron chi connectivity index (χ3n) is 2.57. The van der Waals surface area contributed by atoms with Gasteiger partial charge in [0.1, 0.15) is 0 Å². The number of aliphatic hydroxyl groups is 1. The molecule has 1 aliphatic rings. The highest BCUT2D eigenvalue weighted by Gasteiger charge is 2.19. The van der Waals surface area contributed by atoms with Crippen molar-refractivity contribution < 1.29 is 5.11 Å². The van der Waals surface area contributed by atoms with Crippen LogP contribution in [0.1, 0.15) is 12.0 Å². The van der Waals surface area contributed by atoms with Crippen LogP contribution < -0.4 is 0 Å². The number of hydrogen-bond acceptors (Lipinski definition) is 2. The SMILES string of the molecule is Cl.O[C@@H]1CCN(Cc2ccc(Cl)cc2)C1. The zero-order valence-electron chi connectivity index (χ0n) is 8.40. The number of aliphatic hydroxyl groups excluding tert-OH is 1. The number of nitrogens with zero attached hydrogens (tertiary/aromatic N) is 1. The lowest BCUT2D eigenvalue weighted by Gasteiger charge is -2.14. The molecule has 0 aliphatic carbocycles. The van der Waals surface area contributed by atoms with Crippen molar-refractivity contribution in [2.75, 3.05) is 13.1 Å². The molecule has 0 saturated carbocycles. The Morgan fingerprint density at radius 2 is 2.00 bits per heavy atom. The fourth-order valence-corrected chi connectivity index (χ4v) is 1.93. The van der Waals surface area contributed by atoms with Crippen LogP contribution in [0.2, 0.25) is 5.02 Å². The average molecular weight is 248 g/mol. The Morgan fingerprint density at radius 1 is 1.33 bits per heavy atom. The first-order chi connectivity index (χ1) is 6.74. The van der Waals surface area contributed by atoms with Gasteiger partial charge in [-0.05, 0) is 24.1 Å². The van der Waals surface area contributed by atoms with E-state index in [9.17, 15) is 5.11 Å². The molecule has 1 aliphatic heterocycles. The second-order valence-electron chi connectivity index (χ2n) is 3.80. The molecular weight excluding hydrogens is 233 g/mol. The first-order valence-electron chi connectivity index (χ1n) is 4.89. The van der Waals surface area contributed by atoms with E-state index in [1.165, 1.54) is 5.56 Å². The molecule has 0 aromatic heterocycles. The van der Waals surface area contributed by atoms with Gasteiger partial charge in [-0.15, -0.1) is 12.4 Å². The zero-order valence-corrected chi connectivity index (χ0v) is 9.97. The number of hydrogen-bond donors (Lipinski definition) is 1. The summed E-state index contributed by atoms with van der Waals surface area (Å²) < 4.78 is 0. The van der Waals surface area contributed by atoms with Crippen LogP contribution >= 0.6 is 24.0 Å². The van der Waals surface area contributed by atoms with Gasteiger partial charge in [-0.25, -0.2) is 0 Å². The van der Waals surface area contributed by atoms with Crippen LogP contribution in [0, 0.1) is 0 Å². The highest BCUT2D eigenvalue weighted by Crippen LogP contribution is 2.15. The monoisotopic (exact) mass is 247 g/mol. The quantitative estimate of drug-likeness (QED) is 0.868. The molecule has 1 saturated heterocycles. The van der Waals surface area contributed by atoms with Crippen molar-refractivity contribution in [2.24, 2.45) is 0 Å². The van der Waals surface area contributed by atoms with E-state index in [-0.39, 0.29) is 18.5 Å². The van der Waals surface area contributed by atoms with Crippen LogP contribution in [-0.4, -0.2) is 29.2 Å². The third kappa shape index (κ3) is 3.65. The fourth-order valence-electron chi connectivity index (χ4n) is 1.80. The summed E-state index contributed by atoms with van der Waals surface area (Å²) in [7, 11) is 0. The van der Waals surface area contributed by atoms with Gasteiger partial charge in [0.2, 0.25) is 0 Å². The van der Waals surface area contributed by atoms with E-state index in [1.807, 2.05) is 24.3 Å². The molecule has 0 bridgehead atoms. The second kappa shape index (κ2) is 5.71. The summed E-state index contributed by atoms with van der Waals surface area (Å²) in [6.45, 7) is 2.70. The normalized spacial score (nSPS) is 21.3. The van der Waals surface area contributed by atoms with Crippen LogP contribution in [0.15, 0.2) is 24.3 Å². The summed E-state index contributed by atoms with van der Waals surface area (Å²) >= 11 is 5.80. The Kier molecular flexibility index (Phi) is 4.87. The molecule has 1 N–H and O–H groups in total. The van der Waals surface area contributed by atoms with Crippen LogP contribution in [-0.2, 0) is 6.54 Å². The smallest absolute Gasteiger partial charge is 0.0679 e. The first kappa shape index (κ1) is 12.8. The lowest BCUT2D eigenvalue weighted by molar-refractivity contribution is 0.175. The zero-order chi connectivity index (χ0) is 9.97. The van der Waals surface area contributed by atoms with Gasteiger partial charge in [0.25, 0.3) is 0 Å². The minimum Gasteiger partial charge on any atom is -0.392 e. The van der Waals surface area contributed by atoms with Crippen LogP contribution in [0.4, 0.5) is 0 Å². The van der Waals surface area contributed by atoms with Crippen molar-refractivity contribution in [1.29, 1.82) is 0 Å². The summed E-state index contributed by atoms with van der Waals surface area (Å²) in [5.41, 5.74) is 1.25. The Morgan fingerprint density at radius 3 is 2.53 bits per heavy atom. The van der Waals surface area contributed by atoms with Crippen LogP contribution in [0.5, 0.6) is 0 Å². The van der Waals surface area contributed by atoms with Crippen LogP contribution in [0.25, 0.3) is 0 Å². The first-order valence-corrected chi connectivity index (χ1v) is 5.27. The van der Waals surface area contributed by atoms with Gasteiger partial charge < -0.3 is 5.11 Å². The number of likely N-dealkylation sites (tertiary alicyclic amines) is 1. The third-order valence-corrected chi connectivity index (χ3v) is 2.82. The minimum atomic E-state index is -0.137. The van der Waals surface area contributed by atoms with Gasteiger partial charge in [0.05, 0.1) is 6.10 Å². The predicted molar refractivity (Wildman–Crippen MR) is 64.6 cm³/mol. The molecule has 0 radical (unpaired) electrons. The van der Waals surface area contributed by atoms with Gasteiger partial charge in [0, 0.05) is 24.7 Å². The van der Waals surface area contributed by atoms with E-state index in [1.54, 1.807) is 0 Å². The van der Waals surface area contributed by atoms with E-state index < -0.39 is 0 Å². The van der Waals surface area contributed by atoms with E-state index in [0.717, 1.165) is 31.1 Å². The number of β-amino-alcohol motifs (C(OH)–C–C–N with tert-alkyl or cyclic N) is 1. The van der Waals surface area contributed by atoms with E-state index >= 15 is 0 Å². The van der Waals surface area contributed by atoms with Crippen molar-refractivity contribution in [3.63, 3.8) is 0 Å². The predicted octanol–water partition coefficient (Wildman–Crippen LogP) is 2.33. The lowest BCUT2D eigenvalue weighted by Crippen LogP contribution is -2.21. The topological polar surface area (TPSA) is 23.5 Å². The number of halogens is 2. The number of rotatable bonds is 2. The summed E-state index contributed by atoms with van der Waals surface area (Å²) in [6.07, 6.45) is 0.760. The van der Waals surface area contributed by atoms with Crippen molar-refractivity contribution >= 4 is 24.0 Å². The highest BCUT2D eigenvalue weighted by molar-refractivity contribution is 6.30. The molecule has 84 valence electrons. The minimum absolute atomic E-state index is 0. The molecule has 1 heterocycles. The van der Waals surface area contributed by atoms with E-state index in [2.05, 4.69) is 4.90 Å². The second-order valence-corrected chi connectivity index (χ2v) is 4.24. The number of benzene rings is 1. The van der Waals surface area contributed by atoms with Crippen molar-refractivity contribution in [1.82, 2.24) is 4.90 Å². The van der Waals surface area contributed by atoms with E-state index in [4.69, 9.17) is 11.6 Å². The molecule has 1 atom stereocenters. The molecule has 0 amide bonds. The Bertz CT molecular complexity index is 302. The van der Waals surface area contributed by atoms with Gasteiger partial charge >= 0.3 is 0 Å². The standard InChI is InChI=1S/C11H14ClNO.ClH/c12-10-3-1-9(2-4-10)7-13-6-5-11(14)8-13;/h1-4,11,14H,5-8H2;1H/t11-;/m1./s1. The Labute approximate surface area is 101 Å². The molecule has 2 rings (SSSR count). The van der Waals surface area contributed by atoms with E-state index in [0.29, 0.717) is 0 Å². The molecule has 0 unspecified atom stereocenters. The van der Waals surface area contributed by atoms with Gasteiger partial charge in [0.15, 0.2) is 0 Å². The Hall–Kier alpha value is -0.280. The summed E-state index contributed by atoms with van der Waals surface area (Å²) in [5, 5.41) is 10.1. The average Bonchev–Trinajstić information content (AvgIpc) is 2.56. The fraction of sp³-hybridized carbons (Fsp3) is 0.455. The van der Waals surface area contributed by atoms with Gasteiger partial charge in [-0.3, -0.25) is 4.90 Å². The van der Waals surface area contributed by atoms with Gasteiger partial charge in [-0.1, -0.05) is 23.7 Å². The largest absolute Gasteiger partial charge is 0.392 e. The lowest BCUT2D eigenvalue weighted by atomic mass is 10.2. The van der Waals surface area contributed by atoms with Gasteiger partial charge in [-0.2, -0.15) is 0 Å². The highest BCUT2D eigenvalue weighted by atomic mass is 35.5. The molecular formula is C11H15Cl2NO. The maximum Gasteiger partial charge on any atom is 0.0679 e. The maximum atomic E-state index is 9.36. The van der Waals surface area contributed by atoms with Crippen LogP contribution in [0.3, 0.4) is 0 Å². The molecule has 2 nitrogen and oxygen atoms in total. The molecule has 1 fully saturated rings. The molecule has 1 aromatic rings. The molecule has 4 heteroatoms. The Balaban J connectivity index is 0.00000112. The molecule has 0 spiro atoms. The summed E-state index contributed by atoms with van der Waals surface area (Å²) in [4.78, 5) is 2.26. The summed E-state index contributed by atoms with van der Waals surface area (Å²) in [5.74, 6) is 0.